The van der Waals surface area contributed by atoms with Crippen LogP contribution in [0.1, 0.15) is 37.7 Å². The lowest BCUT2D eigenvalue weighted by atomic mass is 9.60. The summed E-state index contributed by atoms with van der Waals surface area (Å²) in [7, 11) is 0. The van der Waals surface area contributed by atoms with Crippen molar-refractivity contribution < 1.29 is 4.79 Å². The number of fused-ring (bicyclic) bond motifs is 1. The average molecular weight is 354 g/mol. The Morgan fingerprint density at radius 2 is 2.00 bits per heavy atom. The van der Waals surface area contributed by atoms with Gasteiger partial charge < -0.3 is 10.2 Å². The largest absolute Gasteiger partial charge is 0.356 e. The highest BCUT2D eigenvalue weighted by atomic mass is 16.2. The Labute approximate surface area is 156 Å². The van der Waals surface area contributed by atoms with Crippen molar-refractivity contribution in [1.29, 1.82) is 0 Å². The van der Waals surface area contributed by atoms with Gasteiger partial charge in [0.25, 0.3) is 0 Å². The van der Waals surface area contributed by atoms with Gasteiger partial charge in [0, 0.05) is 50.5 Å². The summed E-state index contributed by atoms with van der Waals surface area (Å²) in [6.07, 6.45) is 10.0. The lowest BCUT2D eigenvalue weighted by Gasteiger charge is -2.46. The number of hydrogen-bond donors (Lipinski definition) is 1. The van der Waals surface area contributed by atoms with E-state index in [4.69, 9.17) is 0 Å². The van der Waals surface area contributed by atoms with E-state index in [1.165, 1.54) is 50.9 Å². The molecule has 3 saturated heterocycles. The van der Waals surface area contributed by atoms with Gasteiger partial charge in [-0.05, 0) is 62.7 Å². The first-order valence-corrected chi connectivity index (χ1v) is 10.3. The van der Waals surface area contributed by atoms with E-state index in [2.05, 4.69) is 26.2 Å². The van der Waals surface area contributed by atoms with Crippen LogP contribution in [-0.2, 0) is 11.3 Å². The fourth-order valence-electron chi connectivity index (χ4n) is 5.84. The van der Waals surface area contributed by atoms with Crippen molar-refractivity contribution in [2.24, 2.45) is 16.7 Å². The molecule has 1 N–H and O–H groups in total. The van der Waals surface area contributed by atoms with Crippen LogP contribution < -0.4 is 5.32 Å². The lowest BCUT2D eigenvalue weighted by molar-refractivity contribution is -0.134. The number of carbonyl (C=O) groups excluding carboxylic acids is 1. The molecule has 1 aliphatic carbocycles. The molecular formula is C21H30N4O. The summed E-state index contributed by atoms with van der Waals surface area (Å²) in [5.41, 5.74) is 1.25. The van der Waals surface area contributed by atoms with Gasteiger partial charge in [-0.3, -0.25) is 14.7 Å². The third-order valence-corrected chi connectivity index (χ3v) is 7.46. The van der Waals surface area contributed by atoms with Crippen LogP contribution >= 0.6 is 0 Å². The van der Waals surface area contributed by atoms with E-state index in [1.54, 1.807) is 0 Å². The second-order valence-corrected chi connectivity index (χ2v) is 9.12. The second-order valence-electron chi connectivity index (χ2n) is 9.12. The number of nitrogens with zero attached hydrogens (tertiary/aromatic N) is 3. The molecule has 5 rings (SSSR count). The van der Waals surface area contributed by atoms with Crippen molar-refractivity contribution in [2.45, 2.75) is 38.6 Å². The Morgan fingerprint density at radius 3 is 2.65 bits per heavy atom. The molecule has 1 saturated carbocycles. The van der Waals surface area contributed by atoms with Crippen LogP contribution in [0.2, 0.25) is 0 Å². The number of amides is 1. The second kappa shape index (κ2) is 6.31. The zero-order chi connectivity index (χ0) is 17.6. The fraction of sp³-hybridized carbons (Fsp3) is 0.714. The smallest absolute Gasteiger partial charge is 0.228 e. The summed E-state index contributed by atoms with van der Waals surface area (Å²) in [4.78, 5) is 22.4. The Balaban J connectivity index is 1.35. The Hall–Kier alpha value is -1.46. The van der Waals surface area contributed by atoms with E-state index in [1.807, 2.05) is 18.5 Å². The molecule has 1 aromatic heterocycles. The molecule has 4 aliphatic rings. The summed E-state index contributed by atoms with van der Waals surface area (Å²) in [6, 6.07) is 4.16. The summed E-state index contributed by atoms with van der Waals surface area (Å²) < 4.78 is 0. The van der Waals surface area contributed by atoms with E-state index in [0.29, 0.717) is 5.91 Å². The molecule has 5 nitrogen and oxygen atoms in total. The van der Waals surface area contributed by atoms with Gasteiger partial charge in [-0.2, -0.15) is 0 Å². The van der Waals surface area contributed by atoms with Crippen molar-refractivity contribution in [3.05, 3.63) is 30.1 Å². The maximum absolute atomic E-state index is 13.0. The molecule has 5 heteroatoms. The van der Waals surface area contributed by atoms with Crippen LogP contribution in [-0.4, -0.2) is 60.0 Å². The van der Waals surface area contributed by atoms with Crippen molar-refractivity contribution in [2.75, 3.05) is 39.3 Å². The van der Waals surface area contributed by atoms with Gasteiger partial charge in [-0.1, -0.05) is 6.07 Å². The van der Waals surface area contributed by atoms with Gasteiger partial charge in [0.1, 0.15) is 0 Å². The maximum Gasteiger partial charge on any atom is 0.228 e. The first-order valence-electron chi connectivity index (χ1n) is 10.3. The highest BCUT2D eigenvalue weighted by molar-refractivity contribution is 5.86. The normalized spacial score (nSPS) is 31.8. The first kappa shape index (κ1) is 16.7. The van der Waals surface area contributed by atoms with Crippen LogP contribution in [0.15, 0.2) is 24.5 Å². The minimum Gasteiger partial charge on any atom is -0.356 e. The van der Waals surface area contributed by atoms with Crippen LogP contribution in [0.5, 0.6) is 0 Å². The minimum atomic E-state index is -0.166. The van der Waals surface area contributed by atoms with Crippen LogP contribution in [0.3, 0.4) is 0 Å². The van der Waals surface area contributed by atoms with E-state index in [9.17, 15) is 4.79 Å². The molecule has 4 fully saturated rings. The van der Waals surface area contributed by atoms with E-state index in [-0.39, 0.29) is 10.8 Å². The van der Waals surface area contributed by atoms with E-state index >= 15 is 0 Å². The van der Waals surface area contributed by atoms with Gasteiger partial charge in [0.2, 0.25) is 5.91 Å². The molecule has 1 atom stereocenters. The first-order chi connectivity index (χ1) is 12.7. The molecule has 140 valence electrons. The topological polar surface area (TPSA) is 48.5 Å². The Kier molecular flexibility index (Phi) is 4.05. The SMILES string of the molecule is O=C1NCC[C@@]12CN(Cc1cccnc1)CC21CCN(CC2CC2)CC1. The summed E-state index contributed by atoms with van der Waals surface area (Å²) in [6.45, 7) is 7.37. The van der Waals surface area contributed by atoms with Crippen LogP contribution in [0.25, 0.3) is 0 Å². The number of nitrogens with one attached hydrogen (secondary N) is 1. The Bertz CT molecular complexity index is 666. The number of pyridine rings is 1. The number of likely N-dealkylation sites (tertiary alicyclic amines) is 2. The van der Waals surface area contributed by atoms with Crippen LogP contribution in [0, 0.1) is 16.7 Å². The van der Waals surface area contributed by atoms with Gasteiger partial charge in [0.05, 0.1) is 5.41 Å². The minimum absolute atomic E-state index is 0.163. The highest BCUT2D eigenvalue weighted by Crippen LogP contribution is 2.56. The van der Waals surface area contributed by atoms with Gasteiger partial charge in [0.15, 0.2) is 0 Å². The number of carbonyl (C=O) groups is 1. The van der Waals surface area contributed by atoms with Crippen molar-refractivity contribution >= 4 is 5.91 Å². The molecule has 0 radical (unpaired) electrons. The molecule has 0 unspecified atom stereocenters. The van der Waals surface area contributed by atoms with Gasteiger partial charge in [-0.25, -0.2) is 0 Å². The quantitative estimate of drug-likeness (QED) is 0.897. The zero-order valence-electron chi connectivity index (χ0n) is 15.6. The third-order valence-electron chi connectivity index (χ3n) is 7.46. The molecule has 0 bridgehead atoms. The number of piperidine rings is 1. The predicted octanol–water partition coefficient (Wildman–Crippen LogP) is 1.90. The van der Waals surface area contributed by atoms with Crippen LogP contribution in [0.4, 0.5) is 0 Å². The summed E-state index contributed by atoms with van der Waals surface area (Å²) in [5, 5.41) is 3.17. The maximum atomic E-state index is 13.0. The van der Waals surface area contributed by atoms with Gasteiger partial charge >= 0.3 is 0 Å². The number of hydrogen-bond acceptors (Lipinski definition) is 4. The molecule has 3 aliphatic heterocycles. The summed E-state index contributed by atoms with van der Waals surface area (Å²) in [5.74, 6) is 1.28. The molecule has 1 amide bonds. The standard InChI is InChI=1S/C21H30N4O/c26-19-21(5-9-23-19)16-25(14-18-2-1-8-22-12-18)15-20(21)6-10-24(11-7-20)13-17-3-4-17/h1-2,8,12,17H,3-7,9-11,13-16H2,(H,23,26)/t21-/m1/s1. The zero-order valence-corrected chi connectivity index (χ0v) is 15.6. The fourth-order valence-corrected chi connectivity index (χ4v) is 5.84. The monoisotopic (exact) mass is 354 g/mol. The van der Waals surface area contributed by atoms with E-state index in [0.717, 1.165) is 38.5 Å². The highest BCUT2D eigenvalue weighted by Gasteiger charge is 2.63. The molecule has 0 aromatic carbocycles. The molecular weight excluding hydrogens is 324 g/mol. The molecule has 4 heterocycles. The summed E-state index contributed by atoms with van der Waals surface area (Å²) >= 11 is 0. The van der Waals surface area contributed by atoms with Gasteiger partial charge in [-0.15, -0.1) is 0 Å². The van der Waals surface area contributed by atoms with Crippen molar-refractivity contribution in [3.63, 3.8) is 0 Å². The number of aromatic nitrogens is 1. The van der Waals surface area contributed by atoms with Crippen molar-refractivity contribution in [1.82, 2.24) is 20.1 Å². The molecule has 2 spiro atoms. The van der Waals surface area contributed by atoms with Crippen molar-refractivity contribution in [3.8, 4) is 0 Å². The van der Waals surface area contributed by atoms with E-state index < -0.39 is 0 Å². The molecule has 1 aromatic rings. The average Bonchev–Trinajstić information content (AvgIpc) is 3.32. The Morgan fingerprint density at radius 1 is 1.15 bits per heavy atom. The third kappa shape index (κ3) is 2.76. The molecule has 26 heavy (non-hydrogen) atoms. The predicted molar refractivity (Wildman–Crippen MR) is 100 cm³/mol. The lowest BCUT2D eigenvalue weighted by Crippen LogP contribution is -2.52. The number of rotatable bonds is 4.